The number of likely N-dealkylation sites (N-methyl/N-ethyl adjacent to an activating group) is 2. The number of pyridine rings is 1. The zero-order valence-corrected chi connectivity index (χ0v) is 12.7. The van der Waals surface area contributed by atoms with Crippen LogP contribution in [-0.4, -0.2) is 50.2 Å². The molecule has 0 spiro atoms. The number of piperidine rings is 1. The minimum atomic E-state index is 0.537. The number of likely N-dealkylation sites (tertiary alicyclic amines) is 1. The number of halogens is 1. The average molecular weight is 283 g/mol. The molecule has 0 radical (unpaired) electrons. The monoisotopic (exact) mass is 282 g/mol. The minimum absolute atomic E-state index is 0.537. The number of nitrogens with zero attached hydrogens (tertiary/aromatic N) is 3. The summed E-state index contributed by atoms with van der Waals surface area (Å²) in [5.41, 5.74) is 0.915. The topological polar surface area (TPSA) is 31.4 Å². The van der Waals surface area contributed by atoms with E-state index in [1.54, 1.807) is 0 Å². The summed E-state index contributed by atoms with van der Waals surface area (Å²) in [4.78, 5) is 9.34. The lowest BCUT2D eigenvalue weighted by molar-refractivity contribution is 0.247. The van der Waals surface area contributed by atoms with Crippen molar-refractivity contribution in [3.05, 3.63) is 22.8 Å². The molecule has 1 aliphatic rings. The second kappa shape index (κ2) is 6.55. The largest absolute Gasteiger partial charge is 0.355 e. The van der Waals surface area contributed by atoms with Crippen molar-refractivity contribution in [3.8, 4) is 0 Å². The van der Waals surface area contributed by atoms with Crippen LogP contribution >= 0.6 is 11.6 Å². The van der Waals surface area contributed by atoms with E-state index in [1.165, 1.54) is 19.4 Å². The summed E-state index contributed by atoms with van der Waals surface area (Å²) < 4.78 is 0. The standard InChI is InChI=1S/C14H23ClN4/c1-16-9-13-12(15)6-7-14(17-13)19(3)11-5-4-8-18(2)10-11/h6-7,11,16H,4-5,8-10H2,1-3H3. The maximum Gasteiger partial charge on any atom is 0.129 e. The molecule has 1 aromatic rings. The van der Waals surface area contributed by atoms with Gasteiger partial charge in [0.1, 0.15) is 5.82 Å². The Kier molecular flexibility index (Phi) is 5.02. The predicted octanol–water partition coefficient (Wildman–Crippen LogP) is 1.98. The van der Waals surface area contributed by atoms with E-state index in [9.17, 15) is 0 Å². The van der Waals surface area contributed by atoms with Crippen LogP contribution in [0.5, 0.6) is 0 Å². The molecule has 2 rings (SSSR count). The van der Waals surface area contributed by atoms with Gasteiger partial charge < -0.3 is 15.1 Å². The summed E-state index contributed by atoms with van der Waals surface area (Å²) in [5.74, 6) is 1.01. The third-order valence-electron chi connectivity index (χ3n) is 3.76. The van der Waals surface area contributed by atoms with Crippen molar-refractivity contribution in [2.75, 3.05) is 39.1 Å². The van der Waals surface area contributed by atoms with Gasteiger partial charge in [-0.1, -0.05) is 11.6 Å². The average Bonchev–Trinajstić information content (AvgIpc) is 2.41. The molecule has 1 saturated heterocycles. The van der Waals surface area contributed by atoms with E-state index in [0.29, 0.717) is 12.6 Å². The Bertz CT molecular complexity index is 424. The van der Waals surface area contributed by atoms with Gasteiger partial charge in [-0.2, -0.15) is 0 Å². The van der Waals surface area contributed by atoms with Crippen LogP contribution in [0.15, 0.2) is 12.1 Å². The second-order valence-corrected chi connectivity index (χ2v) is 5.70. The van der Waals surface area contributed by atoms with Gasteiger partial charge >= 0.3 is 0 Å². The van der Waals surface area contributed by atoms with Crippen LogP contribution in [0.25, 0.3) is 0 Å². The van der Waals surface area contributed by atoms with E-state index < -0.39 is 0 Å². The Balaban J connectivity index is 2.13. The zero-order valence-electron chi connectivity index (χ0n) is 12.0. The van der Waals surface area contributed by atoms with Gasteiger partial charge in [0.25, 0.3) is 0 Å². The Morgan fingerprint density at radius 2 is 2.32 bits per heavy atom. The van der Waals surface area contributed by atoms with Gasteiger partial charge in [-0.3, -0.25) is 0 Å². The first-order chi connectivity index (χ1) is 9.11. The fourth-order valence-corrected chi connectivity index (χ4v) is 2.78. The SMILES string of the molecule is CNCc1nc(N(C)C2CCCN(C)C2)ccc1Cl. The zero-order chi connectivity index (χ0) is 13.8. The van der Waals surface area contributed by atoms with E-state index in [2.05, 4.69) is 34.2 Å². The minimum Gasteiger partial charge on any atom is -0.355 e. The van der Waals surface area contributed by atoms with E-state index in [4.69, 9.17) is 11.6 Å². The number of hydrogen-bond acceptors (Lipinski definition) is 4. The van der Waals surface area contributed by atoms with Gasteiger partial charge in [0.15, 0.2) is 0 Å². The van der Waals surface area contributed by atoms with Gasteiger partial charge in [-0.25, -0.2) is 4.98 Å². The van der Waals surface area contributed by atoms with Crippen molar-refractivity contribution < 1.29 is 0 Å². The normalized spacial score (nSPS) is 20.5. The maximum atomic E-state index is 6.16. The van der Waals surface area contributed by atoms with Crippen LogP contribution in [0.4, 0.5) is 5.82 Å². The molecule has 4 nitrogen and oxygen atoms in total. The number of rotatable bonds is 4. The Hall–Kier alpha value is -0.840. The molecule has 1 atom stereocenters. The highest BCUT2D eigenvalue weighted by molar-refractivity contribution is 6.31. The number of hydrogen-bond donors (Lipinski definition) is 1. The summed E-state index contributed by atoms with van der Waals surface area (Å²) in [6.45, 7) is 3.00. The summed E-state index contributed by atoms with van der Waals surface area (Å²) in [6, 6.07) is 4.49. The Morgan fingerprint density at radius 3 is 3.00 bits per heavy atom. The smallest absolute Gasteiger partial charge is 0.129 e. The van der Waals surface area contributed by atoms with E-state index in [0.717, 1.165) is 23.1 Å². The first kappa shape index (κ1) is 14.6. The summed E-state index contributed by atoms with van der Waals surface area (Å²) >= 11 is 6.16. The number of nitrogens with one attached hydrogen (secondary N) is 1. The lowest BCUT2D eigenvalue weighted by Crippen LogP contribution is -2.45. The molecular formula is C14H23ClN4. The van der Waals surface area contributed by atoms with E-state index >= 15 is 0 Å². The third kappa shape index (κ3) is 3.59. The molecular weight excluding hydrogens is 260 g/mol. The third-order valence-corrected chi connectivity index (χ3v) is 4.10. The highest BCUT2D eigenvalue weighted by atomic mass is 35.5. The molecule has 1 N–H and O–H groups in total. The van der Waals surface area contributed by atoms with Crippen molar-refractivity contribution in [1.29, 1.82) is 0 Å². The van der Waals surface area contributed by atoms with Crippen molar-refractivity contribution in [2.45, 2.75) is 25.4 Å². The summed E-state index contributed by atoms with van der Waals surface area (Å²) in [5, 5.41) is 3.83. The molecule has 0 bridgehead atoms. The molecule has 1 unspecified atom stereocenters. The van der Waals surface area contributed by atoms with Gasteiger partial charge in [0, 0.05) is 26.2 Å². The van der Waals surface area contributed by atoms with Crippen LogP contribution < -0.4 is 10.2 Å². The fraction of sp³-hybridized carbons (Fsp3) is 0.643. The Labute approximate surface area is 120 Å². The van der Waals surface area contributed by atoms with Crippen LogP contribution in [0.3, 0.4) is 0 Å². The van der Waals surface area contributed by atoms with Crippen LogP contribution in [0.1, 0.15) is 18.5 Å². The lowest BCUT2D eigenvalue weighted by Gasteiger charge is -2.36. The van der Waals surface area contributed by atoms with E-state index in [-0.39, 0.29) is 0 Å². The molecule has 106 valence electrons. The number of anilines is 1. The predicted molar refractivity (Wildman–Crippen MR) is 80.9 cm³/mol. The van der Waals surface area contributed by atoms with Crippen LogP contribution in [-0.2, 0) is 6.54 Å². The first-order valence-corrected chi connectivity index (χ1v) is 7.21. The molecule has 19 heavy (non-hydrogen) atoms. The van der Waals surface area contributed by atoms with Gasteiger partial charge in [0.05, 0.1) is 10.7 Å². The molecule has 1 aromatic heterocycles. The second-order valence-electron chi connectivity index (χ2n) is 5.30. The molecule has 1 fully saturated rings. The van der Waals surface area contributed by atoms with Gasteiger partial charge in [-0.05, 0) is 45.6 Å². The maximum absolute atomic E-state index is 6.16. The van der Waals surface area contributed by atoms with E-state index in [1.807, 2.05) is 19.2 Å². The van der Waals surface area contributed by atoms with Crippen molar-refractivity contribution in [1.82, 2.24) is 15.2 Å². The lowest BCUT2D eigenvalue weighted by atomic mass is 10.1. The summed E-state index contributed by atoms with van der Waals surface area (Å²) in [6.07, 6.45) is 2.48. The van der Waals surface area contributed by atoms with Crippen molar-refractivity contribution in [2.24, 2.45) is 0 Å². The highest BCUT2D eigenvalue weighted by Gasteiger charge is 2.22. The fourth-order valence-electron chi connectivity index (χ4n) is 2.60. The molecule has 0 saturated carbocycles. The highest BCUT2D eigenvalue weighted by Crippen LogP contribution is 2.22. The van der Waals surface area contributed by atoms with Crippen LogP contribution in [0.2, 0.25) is 5.02 Å². The van der Waals surface area contributed by atoms with Crippen molar-refractivity contribution >= 4 is 17.4 Å². The summed E-state index contributed by atoms with van der Waals surface area (Å²) in [7, 11) is 6.22. The molecule has 5 heteroatoms. The molecule has 0 amide bonds. The van der Waals surface area contributed by atoms with Gasteiger partial charge in [0.2, 0.25) is 0 Å². The van der Waals surface area contributed by atoms with Crippen LogP contribution in [0, 0.1) is 0 Å². The Morgan fingerprint density at radius 1 is 1.53 bits per heavy atom. The molecule has 0 aromatic carbocycles. The number of aromatic nitrogens is 1. The molecule has 1 aliphatic heterocycles. The molecule has 2 heterocycles. The quantitative estimate of drug-likeness (QED) is 0.915. The van der Waals surface area contributed by atoms with Gasteiger partial charge in [-0.15, -0.1) is 0 Å². The molecule has 0 aliphatic carbocycles. The first-order valence-electron chi connectivity index (χ1n) is 6.83. The van der Waals surface area contributed by atoms with Crippen molar-refractivity contribution in [3.63, 3.8) is 0 Å².